The first-order valence-corrected chi connectivity index (χ1v) is 7.59. The van der Waals surface area contributed by atoms with Gasteiger partial charge in [-0.25, -0.2) is 0 Å². The Labute approximate surface area is 137 Å². The summed E-state index contributed by atoms with van der Waals surface area (Å²) in [5.74, 6) is 0.681. The van der Waals surface area contributed by atoms with Crippen LogP contribution in [0, 0.1) is 13.8 Å². The van der Waals surface area contributed by atoms with Crippen LogP contribution in [0.1, 0.15) is 28.4 Å². The number of aryl methyl sites for hydroxylation is 2. The maximum Gasteiger partial charge on any atom is 0.253 e. The molecule has 0 radical (unpaired) electrons. The maximum atomic E-state index is 12.0. The Bertz CT molecular complexity index is 682. The zero-order chi connectivity index (χ0) is 16.8. The van der Waals surface area contributed by atoms with Crippen molar-refractivity contribution in [2.75, 3.05) is 14.2 Å². The number of hydrogen-bond acceptors (Lipinski definition) is 3. The Hall–Kier alpha value is -2.33. The second-order valence-corrected chi connectivity index (χ2v) is 5.49. The predicted molar refractivity (Wildman–Crippen MR) is 90.5 cm³/mol. The maximum absolute atomic E-state index is 12.0. The molecule has 0 bridgehead atoms. The number of nitrogens with one attached hydrogen (secondary N) is 1. The number of amides is 1. The van der Waals surface area contributed by atoms with Crippen LogP contribution in [0.3, 0.4) is 0 Å². The smallest absolute Gasteiger partial charge is 0.253 e. The van der Waals surface area contributed by atoms with Crippen molar-refractivity contribution in [3.8, 4) is 5.75 Å². The van der Waals surface area contributed by atoms with Gasteiger partial charge in [0.1, 0.15) is 12.4 Å². The monoisotopic (exact) mass is 313 g/mol. The standard InChI is InChI=1S/C19H23NO3/c1-13-9-10-14(2)17(11-13)23-12-15-7-5-6-8-16(15)18(22-4)19(21)20-3/h5-11,18H,12H2,1-4H3,(H,20,21)/t18-/m0/s1. The number of benzene rings is 2. The largest absolute Gasteiger partial charge is 0.489 e. The highest BCUT2D eigenvalue weighted by Crippen LogP contribution is 2.25. The molecule has 0 heterocycles. The highest BCUT2D eigenvalue weighted by Gasteiger charge is 2.21. The average Bonchev–Trinajstić information content (AvgIpc) is 2.57. The zero-order valence-electron chi connectivity index (χ0n) is 14.1. The molecule has 1 N–H and O–H groups in total. The Morgan fingerprint density at radius 3 is 2.61 bits per heavy atom. The summed E-state index contributed by atoms with van der Waals surface area (Å²) in [4.78, 5) is 12.0. The van der Waals surface area contributed by atoms with E-state index in [0.29, 0.717) is 6.61 Å². The van der Waals surface area contributed by atoms with E-state index >= 15 is 0 Å². The van der Waals surface area contributed by atoms with Gasteiger partial charge in [0.15, 0.2) is 6.10 Å². The van der Waals surface area contributed by atoms with E-state index in [2.05, 4.69) is 11.4 Å². The van der Waals surface area contributed by atoms with E-state index < -0.39 is 6.10 Å². The quantitative estimate of drug-likeness (QED) is 0.890. The molecule has 2 aromatic carbocycles. The van der Waals surface area contributed by atoms with Crippen molar-refractivity contribution in [1.29, 1.82) is 0 Å². The van der Waals surface area contributed by atoms with Crippen LogP contribution in [-0.2, 0) is 16.1 Å². The molecule has 0 spiro atoms. The molecular formula is C19H23NO3. The van der Waals surface area contributed by atoms with Gasteiger partial charge in [-0.1, -0.05) is 36.4 Å². The molecule has 1 atom stereocenters. The molecule has 0 aliphatic rings. The van der Waals surface area contributed by atoms with Gasteiger partial charge in [0.25, 0.3) is 5.91 Å². The van der Waals surface area contributed by atoms with E-state index in [1.807, 2.05) is 50.2 Å². The van der Waals surface area contributed by atoms with Crippen LogP contribution < -0.4 is 10.1 Å². The van der Waals surface area contributed by atoms with E-state index in [0.717, 1.165) is 28.0 Å². The van der Waals surface area contributed by atoms with Crippen LogP contribution in [0.15, 0.2) is 42.5 Å². The van der Waals surface area contributed by atoms with Crippen molar-refractivity contribution in [1.82, 2.24) is 5.32 Å². The van der Waals surface area contributed by atoms with Crippen molar-refractivity contribution < 1.29 is 14.3 Å². The predicted octanol–water partition coefficient (Wildman–Crippen LogP) is 3.32. The molecule has 23 heavy (non-hydrogen) atoms. The number of rotatable bonds is 6. The van der Waals surface area contributed by atoms with Crippen LogP contribution in [0.2, 0.25) is 0 Å². The lowest BCUT2D eigenvalue weighted by Crippen LogP contribution is -2.27. The molecule has 4 heteroatoms. The first kappa shape index (κ1) is 17.0. The molecule has 0 saturated carbocycles. The van der Waals surface area contributed by atoms with Gasteiger partial charge in [-0.3, -0.25) is 4.79 Å². The van der Waals surface area contributed by atoms with Gasteiger partial charge in [0.2, 0.25) is 0 Å². The Morgan fingerprint density at radius 1 is 1.17 bits per heavy atom. The number of likely N-dealkylation sites (N-methyl/N-ethyl adjacent to an activating group) is 1. The van der Waals surface area contributed by atoms with Gasteiger partial charge in [-0.2, -0.15) is 0 Å². The first-order valence-electron chi connectivity index (χ1n) is 7.59. The van der Waals surface area contributed by atoms with Gasteiger partial charge >= 0.3 is 0 Å². The topological polar surface area (TPSA) is 47.6 Å². The summed E-state index contributed by atoms with van der Waals surface area (Å²) >= 11 is 0. The minimum absolute atomic E-state index is 0.174. The van der Waals surface area contributed by atoms with Gasteiger partial charge in [0.05, 0.1) is 0 Å². The molecule has 122 valence electrons. The molecule has 1 amide bonds. The lowest BCUT2D eigenvalue weighted by molar-refractivity contribution is -0.130. The summed E-state index contributed by atoms with van der Waals surface area (Å²) in [6.07, 6.45) is -0.640. The molecule has 4 nitrogen and oxygen atoms in total. The van der Waals surface area contributed by atoms with E-state index in [-0.39, 0.29) is 5.91 Å². The fraction of sp³-hybridized carbons (Fsp3) is 0.316. The molecule has 2 aromatic rings. The third-order valence-electron chi connectivity index (χ3n) is 3.78. The Balaban J connectivity index is 2.23. The summed E-state index contributed by atoms with van der Waals surface area (Å²) in [5, 5.41) is 2.63. The number of methoxy groups -OCH3 is 1. The normalized spacial score (nSPS) is 11.8. The molecular weight excluding hydrogens is 290 g/mol. The summed E-state index contributed by atoms with van der Waals surface area (Å²) in [7, 11) is 3.13. The summed E-state index contributed by atoms with van der Waals surface area (Å²) in [6.45, 7) is 4.44. The van der Waals surface area contributed by atoms with Crippen LogP contribution in [0.25, 0.3) is 0 Å². The molecule has 2 rings (SSSR count). The van der Waals surface area contributed by atoms with E-state index in [9.17, 15) is 4.79 Å². The lowest BCUT2D eigenvalue weighted by atomic mass is 10.0. The first-order chi connectivity index (χ1) is 11.1. The van der Waals surface area contributed by atoms with Crippen LogP contribution in [-0.4, -0.2) is 20.1 Å². The molecule has 0 fully saturated rings. The SMILES string of the molecule is CNC(=O)[C@@H](OC)c1ccccc1COc1cc(C)ccc1C. The average molecular weight is 313 g/mol. The van der Waals surface area contributed by atoms with Crippen molar-refractivity contribution in [2.24, 2.45) is 0 Å². The number of carbonyl (C=O) groups is 1. The fourth-order valence-electron chi connectivity index (χ4n) is 2.45. The summed E-state index contributed by atoms with van der Waals surface area (Å²) in [5.41, 5.74) is 3.99. The molecule has 0 aromatic heterocycles. The van der Waals surface area contributed by atoms with Gasteiger partial charge in [-0.05, 0) is 42.2 Å². The second kappa shape index (κ2) is 7.79. The van der Waals surface area contributed by atoms with E-state index in [1.54, 1.807) is 7.05 Å². The van der Waals surface area contributed by atoms with E-state index in [4.69, 9.17) is 9.47 Å². The minimum Gasteiger partial charge on any atom is -0.489 e. The van der Waals surface area contributed by atoms with Gasteiger partial charge in [0, 0.05) is 14.2 Å². The van der Waals surface area contributed by atoms with Gasteiger partial charge < -0.3 is 14.8 Å². The molecule has 0 saturated heterocycles. The van der Waals surface area contributed by atoms with Crippen LogP contribution in [0.5, 0.6) is 5.75 Å². The van der Waals surface area contributed by atoms with Crippen molar-refractivity contribution in [3.63, 3.8) is 0 Å². The fourth-order valence-corrected chi connectivity index (χ4v) is 2.45. The Morgan fingerprint density at radius 2 is 1.91 bits per heavy atom. The highest BCUT2D eigenvalue weighted by molar-refractivity contribution is 5.82. The van der Waals surface area contributed by atoms with E-state index in [1.165, 1.54) is 7.11 Å². The number of ether oxygens (including phenoxy) is 2. The highest BCUT2D eigenvalue weighted by atomic mass is 16.5. The van der Waals surface area contributed by atoms with Crippen molar-refractivity contribution in [2.45, 2.75) is 26.6 Å². The van der Waals surface area contributed by atoms with Crippen molar-refractivity contribution >= 4 is 5.91 Å². The zero-order valence-corrected chi connectivity index (χ0v) is 14.1. The van der Waals surface area contributed by atoms with Crippen molar-refractivity contribution in [3.05, 3.63) is 64.7 Å². The molecule has 0 aliphatic heterocycles. The third-order valence-corrected chi connectivity index (χ3v) is 3.78. The summed E-state index contributed by atoms with van der Waals surface area (Å²) < 4.78 is 11.3. The lowest BCUT2D eigenvalue weighted by Gasteiger charge is -2.18. The van der Waals surface area contributed by atoms with Crippen LogP contribution >= 0.6 is 0 Å². The number of hydrogen-bond donors (Lipinski definition) is 1. The Kier molecular flexibility index (Phi) is 5.77. The summed E-state index contributed by atoms with van der Waals surface area (Å²) in [6, 6.07) is 13.8. The van der Waals surface area contributed by atoms with Gasteiger partial charge in [-0.15, -0.1) is 0 Å². The minimum atomic E-state index is -0.640. The molecule has 0 unspecified atom stereocenters. The third kappa shape index (κ3) is 4.11. The van der Waals surface area contributed by atoms with Crippen LogP contribution in [0.4, 0.5) is 0 Å². The molecule has 0 aliphatic carbocycles. The second-order valence-electron chi connectivity index (χ2n) is 5.49. The number of carbonyl (C=O) groups excluding carboxylic acids is 1.